The molecule has 1 aliphatic carbocycles. The lowest BCUT2D eigenvalue weighted by molar-refractivity contribution is 0.0943. The zero-order valence-electron chi connectivity index (χ0n) is 14.5. The monoisotopic (exact) mass is 367 g/mol. The predicted octanol–water partition coefficient (Wildman–Crippen LogP) is 1.48. The number of nitriles is 3. The molecule has 2 aliphatic rings. The van der Waals surface area contributed by atoms with Gasteiger partial charge in [0.25, 0.3) is 5.91 Å². The fourth-order valence-corrected chi connectivity index (χ4v) is 2.86. The average Bonchev–Trinajstić information content (AvgIpc) is 2.99. The zero-order chi connectivity index (χ0) is 20.1. The first-order valence-corrected chi connectivity index (χ1v) is 8.09. The molecule has 1 heterocycles. The molecule has 0 radical (unpaired) electrons. The second-order valence-electron chi connectivity index (χ2n) is 5.87. The Kier molecular flexibility index (Phi) is 4.76. The van der Waals surface area contributed by atoms with Gasteiger partial charge in [-0.2, -0.15) is 15.8 Å². The van der Waals surface area contributed by atoms with Crippen LogP contribution in [0, 0.1) is 39.4 Å². The van der Waals surface area contributed by atoms with Gasteiger partial charge in [-0.05, 0) is 12.1 Å². The second kappa shape index (κ2) is 7.33. The number of nitrogens with zero attached hydrogens (tertiary/aromatic N) is 4. The Bertz CT molecular complexity index is 1080. The maximum Gasteiger partial charge on any atom is 0.269 e. The number of hydrogen-bond donors (Lipinski definition) is 3. The van der Waals surface area contributed by atoms with Gasteiger partial charge in [0.2, 0.25) is 0 Å². The Morgan fingerprint density at radius 2 is 1.71 bits per heavy atom. The van der Waals surface area contributed by atoms with Crippen LogP contribution in [0.3, 0.4) is 0 Å². The van der Waals surface area contributed by atoms with Crippen LogP contribution in [0.1, 0.15) is 10.4 Å². The van der Waals surface area contributed by atoms with Crippen molar-refractivity contribution in [3.05, 3.63) is 82.7 Å². The molecule has 1 aromatic carbocycles. The Labute approximate surface area is 160 Å². The molecule has 8 heteroatoms. The summed E-state index contributed by atoms with van der Waals surface area (Å²) in [5.74, 6) is -0.141. The van der Waals surface area contributed by atoms with Crippen molar-refractivity contribution in [2.24, 2.45) is 16.1 Å². The van der Waals surface area contributed by atoms with Crippen LogP contribution in [0.4, 0.5) is 0 Å². The van der Waals surface area contributed by atoms with Crippen LogP contribution in [0.25, 0.3) is 0 Å². The van der Waals surface area contributed by atoms with Crippen molar-refractivity contribution in [2.45, 2.75) is 0 Å². The molecule has 4 N–H and O–H groups in total. The maximum atomic E-state index is 12.3. The quantitative estimate of drug-likeness (QED) is 0.505. The second-order valence-corrected chi connectivity index (χ2v) is 5.87. The summed E-state index contributed by atoms with van der Waals surface area (Å²) in [6, 6.07) is 14.2. The summed E-state index contributed by atoms with van der Waals surface area (Å²) < 4.78 is 0. The highest BCUT2D eigenvalue weighted by molar-refractivity contribution is 6.02. The smallest absolute Gasteiger partial charge is 0.269 e. The minimum absolute atomic E-state index is 0.0153. The van der Waals surface area contributed by atoms with Crippen LogP contribution in [-0.2, 0) is 0 Å². The summed E-state index contributed by atoms with van der Waals surface area (Å²) >= 11 is 0. The number of aliphatic imine (C=N–C) groups is 1. The first-order valence-electron chi connectivity index (χ1n) is 8.09. The van der Waals surface area contributed by atoms with Gasteiger partial charge in [0.15, 0.2) is 0 Å². The molecule has 134 valence electrons. The number of nitrogens with one attached hydrogen (secondary N) is 2. The highest BCUT2D eigenvalue weighted by Gasteiger charge is 2.43. The molecule has 0 saturated carbocycles. The van der Waals surface area contributed by atoms with Gasteiger partial charge in [0, 0.05) is 11.1 Å². The number of hydrazine groups is 1. The van der Waals surface area contributed by atoms with Crippen molar-refractivity contribution >= 4 is 11.7 Å². The molecule has 1 amide bonds. The first-order chi connectivity index (χ1) is 13.6. The standard InChI is InChI=1S/C20H13N7O/c21-10-15(11-22)13-6-8-20(9-7-13)16(12-23)17(24)25-19(20)27-26-18(28)14-4-2-1-3-5-14/h1-9H,24H2,(H,25,27)(H,26,28). The van der Waals surface area contributed by atoms with Gasteiger partial charge in [-0.1, -0.05) is 42.5 Å². The number of amidine groups is 1. The first kappa shape index (κ1) is 18.2. The number of carbonyl (C=O) groups is 1. The maximum absolute atomic E-state index is 12.3. The highest BCUT2D eigenvalue weighted by Crippen LogP contribution is 2.41. The van der Waals surface area contributed by atoms with E-state index in [0.717, 1.165) is 0 Å². The van der Waals surface area contributed by atoms with E-state index in [-0.39, 0.29) is 28.7 Å². The highest BCUT2D eigenvalue weighted by atomic mass is 16.2. The van der Waals surface area contributed by atoms with Crippen LogP contribution >= 0.6 is 0 Å². The molecule has 0 fully saturated rings. The van der Waals surface area contributed by atoms with Gasteiger partial charge >= 0.3 is 0 Å². The van der Waals surface area contributed by atoms with Crippen LogP contribution < -0.4 is 16.6 Å². The van der Waals surface area contributed by atoms with E-state index in [4.69, 9.17) is 16.3 Å². The molecule has 0 bridgehead atoms. The molecule has 3 rings (SSSR count). The van der Waals surface area contributed by atoms with Crippen molar-refractivity contribution in [3.63, 3.8) is 0 Å². The van der Waals surface area contributed by atoms with Gasteiger partial charge in [-0.15, -0.1) is 0 Å². The topological polar surface area (TPSA) is 151 Å². The number of carbonyl (C=O) groups excluding carboxylic acids is 1. The van der Waals surface area contributed by atoms with Crippen LogP contribution in [0.15, 0.2) is 82.2 Å². The normalized spacial score (nSPS) is 19.5. The molecule has 1 aliphatic heterocycles. The van der Waals surface area contributed by atoms with Crippen LogP contribution in [-0.4, -0.2) is 11.7 Å². The summed E-state index contributed by atoms with van der Waals surface area (Å²) in [5, 5.41) is 27.6. The number of benzene rings is 1. The van der Waals surface area contributed by atoms with Crippen LogP contribution in [0.5, 0.6) is 0 Å². The van der Waals surface area contributed by atoms with E-state index in [0.29, 0.717) is 11.1 Å². The SMILES string of the molecule is N#CC(C#N)=C1C=CC2(C=C1)C(NNC(=O)c1ccccc1)=NC(N)=C2C#N. The minimum atomic E-state index is -1.12. The summed E-state index contributed by atoms with van der Waals surface area (Å²) in [7, 11) is 0. The molecule has 0 unspecified atom stereocenters. The molecular formula is C20H13N7O. The van der Waals surface area contributed by atoms with Gasteiger partial charge in [0.05, 0.1) is 5.57 Å². The van der Waals surface area contributed by atoms with Gasteiger partial charge < -0.3 is 5.73 Å². The van der Waals surface area contributed by atoms with Gasteiger partial charge in [-0.25, -0.2) is 4.99 Å². The Morgan fingerprint density at radius 3 is 2.29 bits per heavy atom. The third-order valence-electron chi connectivity index (χ3n) is 4.30. The third-order valence-corrected chi connectivity index (χ3v) is 4.30. The summed E-state index contributed by atoms with van der Waals surface area (Å²) in [5.41, 5.74) is 11.0. The minimum Gasteiger partial charge on any atom is -0.383 e. The Morgan fingerprint density at radius 1 is 1.07 bits per heavy atom. The van der Waals surface area contributed by atoms with Crippen molar-refractivity contribution in [2.75, 3.05) is 0 Å². The van der Waals surface area contributed by atoms with E-state index in [1.165, 1.54) is 0 Å². The number of amides is 1. The molecule has 0 aromatic heterocycles. The lowest BCUT2D eigenvalue weighted by Gasteiger charge is -2.27. The van der Waals surface area contributed by atoms with Crippen molar-refractivity contribution in [1.29, 1.82) is 15.8 Å². The van der Waals surface area contributed by atoms with E-state index >= 15 is 0 Å². The van der Waals surface area contributed by atoms with E-state index in [1.54, 1.807) is 54.6 Å². The van der Waals surface area contributed by atoms with Gasteiger partial charge in [0.1, 0.15) is 40.9 Å². The van der Waals surface area contributed by atoms with E-state index in [1.807, 2.05) is 18.2 Å². The van der Waals surface area contributed by atoms with Gasteiger partial charge in [-0.3, -0.25) is 15.6 Å². The summed E-state index contributed by atoms with van der Waals surface area (Å²) in [4.78, 5) is 16.4. The van der Waals surface area contributed by atoms with Crippen molar-refractivity contribution in [3.8, 4) is 18.2 Å². The Balaban J connectivity index is 1.89. The largest absolute Gasteiger partial charge is 0.383 e. The van der Waals surface area contributed by atoms with Crippen LogP contribution in [0.2, 0.25) is 0 Å². The lowest BCUT2D eigenvalue weighted by Crippen LogP contribution is -2.48. The van der Waals surface area contributed by atoms with E-state index < -0.39 is 5.41 Å². The van der Waals surface area contributed by atoms with Crippen molar-refractivity contribution < 1.29 is 4.79 Å². The number of hydrogen-bond acceptors (Lipinski definition) is 7. The number of nitrogens with two attached hydrogens (primary N) is 1. The number of allylic oxidation sites excluding steroid dienone is 4. The molecule has 0 saturated heterocycles. The molecule has 1 spiro atoms. The fraction of sp³-hybridized carbons (Fsp3) is 0.0500. The third kappa shape index (κ3) is 3.01. The Hall–Kier alpha value is -4.61. The van der Waals surface area contributed by atoms with E-state index in [2.05, 4.69) is 15.8 Å². The molecule has 8 nitrogen and oxygen atoms in total. The average molecular weight is 367 g/mol. The summed E-state index contributed by atoms with van der Waals surface area (Å²) in [6.07, 6.45) is 6.31. The van der Waals surface area contributed by atoms with Crippen molar-refractivity contribution in [1.82, 2.24) is 10.9 Å². The predicted molar refractivity (Wildman–Crippen MR) is 100 cm³/mol. The number of rotatable bonds is 1. The molecule has 28 heavy (non-hydrogen) atoms. The molecular weight excluding hydrogens is 354 g/mol. The molecule has 1 aromatic rings. The van der Waals surface area contributed by atoms with E-state index in [9.17, 15) is 10.1 Å². The lowest BCUT2D eigenvalue weighted by atomic mass is 9.76. The molecule has 0 atom stereocenters. The summed E-state index contributed by atoms with van der Waals surface area (Å²) in [6.45, 7) is 0. The fourth-order valence-electron chi connectivity index (χ4n) is 2.86. The zero-order valence-corrected chi connectivity index (χ0v) is 14.5.